The number of nitrogens with zero attached hydrogens (tertiary/aromatic N) is 2. The number of hydrogen-bond donors (Lipinski definition) is 3. The number of aromatic nitrogens is 1. The molecule has 0 unspecified atom stereocenters. The second-order valence-electron chi connectivity index (χ2n) is 10.5. The summed E-state index contributed by atoms with van der Waals surface area (Å²) in [5, 5.41) is 16.0. The van der Waals surface area contributed by atoms with E-state index in [1.54, 1.807) is 6.92 Å². The summed E-state index contributed by atoms with van der Waals surface area (Å²) in [5.41, 5.74) is 3.29. The quantitative estimate of drug-likeness (QED) is 0.286. The summed E-state index contributed by atoms with van der Waals surface area (Å²) in [6.07, 6.45) is 8.19. The van der Waals surface area contributed by atoms with E-state index in [4.69, 9.17) is 9.72 Å². The largest absolute Gasteiger partial charge is 0.480 e. The van der Waals surface area contributed by atoms with Crippen LogP contribution in [0.5, 0.6) is 0 Å². The number of carboxylic acid groups (broad SMARTS) is 1. The normalized spacial score (nSPS) is 16.4. The van der Waals surface area contributed by atoms with Crippen LogP contribution in [0, 0.1) is 0 Å². The number of aliphatic carboxylic acids is 1. The molecule has 2 aliphatic rings. The molecule has 3 N–H and O–H groups in total. The number of pyridine rings is 1. The maximum absolute atomic E-state index is 12.8. The Hall–Kier alpha value is -2.97. The highest BCUT2D eigenvalue weighted by Gasteiger charge is 2.25. The molecule has 1 saturated carbocycles. The number of amides is 1. The van der Waals surface area contributed by atoms with Gasteiger partial charge in [-0.3, -0.25) is 4.79 Å². The van der Waals surface area contributed by atoms with Gasteiger partial charge in [-0.1, -0.05) is 36.4 Å². The maximum atomic E-state index is 12.8. The molecule has 8 heteroatoms. The summed E-state index contributed by atoms with van der Waals surface area (Å²) in [7, 11) is 0. The summed E-state index contributed by atoms with van der Waals surface area (Å²) in [4.78, 5) is 31.8. The van der Waals surface area contributed by atoms with Gasteiger partial charge in [-0.05, 0) is 82.0 Å². The van der Waals surface area contributed by atoms with Crippen molar-refractivity contribution in [1.82, 2.24) is 15.2 Å². The Balaban J connectivity index is 1.25. The monoisotopic (exact) mass is 522 g/mol. The minimum absolute atomic E-state index is 0.265. The van der Waals surface area contributed by atoms with Gasteiger partial charge in [0, 0.05) is 25.3 Å². The lowest BCUT2D eigenvalue weighted by Crippen LogP contribution is -2.45. The van der Waals surface area contributed by atoms with Gasteiger partial charge in [0.1, 0.15) is 11.9 Å². The molecule has 8 nitrogen and oxygen atoms in total. The average Bonchev–Trinajstić information content (AvgIpc) is 3.77. The van der Waals surface area contributed by atoms with Gasteiger partial charge in [-0.2, -0.15) is 0 Å². The van der Waals surface area contributed by atoms with Crippen LogP contribution in [0.4, 0.5) is 5.82 Å². The van der Waals surface area contributed by atoms with Crippen molar-refractivity contribution >= 4 is 17.7 Å². The number of carbonyl (C=O) groups is 2. The number of fused-ring (bicyclic) bond motifs is 1. The Morgan fingerprint density at radius 3 is 2.71 bits per heavy atom. The van der Waals surface area contributed by atoms with E-state index >= 15 is 0 Å². The molecule has 0 bridgehead atoms. The van der Waals surface area contributed by atoms with Crippen LogP contribution in [0.15, 0.2) is 42.5 Å². The highest BCUT2D eigenvalue weighted by molar-refractivity contribution is 5.87. The van der Waals surface area contributed by atoms with E-state index in [2.05, 4.69) is 27.7 Å². The molecular weight excluding hydrogens is 480 g/mol. The zero-order valence-corrected chi connectivity index (χ0v) is 22.5. The van der Waals surface area contributed by atoms with Gasteiger partial charge in [-0.25, -0.2) is 9.78 Å². The summed E-state index contributed by atoms with van der Waals surface area (Å²) in [5.74, 6) is -0.636. The van der Waals surface area contributed by atoms with Gasteiger partial charge < -0.3 is 25.4 Å². The SMILES string of the molecule is C[C@H](C(=O)N[C@@H](CCN(CCCCc1ccc2c(n1)NCCC2)CCOC1CC1)C(=O)O)c1ccccc1. The number of hydrogen-bond acceptors (Lipinski definition) is 6. The van der Waals surface area contributed by atoms with E-state index < -0.39 is 17.9 Å². The van der Waals surface area contributed by atoms with E-state index in [1.807, 2.05) is 30.3 Å². The lowest BCUT2D eigenvalue weighted by Gasteiger charge is -2.25. The van der Waals surface area contributed by atoms with Crippen LogP contribution < -0.4 is 10.6 Å². The number of anilines is 1. The third-order valence-electron chi connectivity index (χ3n) is 7.44. The fourth-order valence-corrected chi connectivity index (χ4v) is 4.83. The second-order valence-corrected chi connectivity index (χ2v) is 10.5. The van der Waals surface area contributed by atoms with Gasteiger partial charge in [0.05, 0.1) is 18.6 Å². The van der Waals surface area contributed by atoms with Crippen molar-refractivity contribution in [3.05, 3.63) is 59.3 Å². The fraction of sp³-hybridized carbons (Fsp3) is 0.567. The van der Waals surface area contributed by atoms with Crippen LogP contribution in [0.1, 0.15) is 68.2 Å². The lowest BCUT2D eigenvalue weighted by atomic mass is 10.00. The highest BCUT2D eigenvalue weighted by Crippen LogP contribution is 2.23. The maximum Gasteiger partial charge on any atom is 0.326 e. The van der Waals surface area contributed by atoms with Gasteiger partial charge in [0.25, 0.3) is 0 Å². The first-order chi connectivity index (χ1) is 18.5. The smallest absolute Gasteiger partial charge is 0.326 e. The first-order valence-electron chi connectivity index (χ1n) is 14.1. The van der Waals surface area contributed by atoms with E-state index in [1.165, 1.54) is 5.56 Å². The zero-order chi connectivity index (χ0) is 26.7. The summed E-state index contributed by atoms with van der Waals surface area (Å²) < 4.78 is 5.87. The third-order valence-corrected chi connectivity index (χ3v) is 7.44. The number of aryl methyl sites for hydroxylation is 2. The number of ether oxygens (including phenoxy) is 1. The van der Waals surface area contributed by atoms with Crippen LogP contribution in [-0.4, -0.2) is 71.8 Å². The molecule has 1 aromatic heterocycles. The Kier molecular flexibility index (Phi) is 10.5. The molecule has 2 heterocycles. The molecule has 2 aromatic rings. The Labute approximate surface area is 226 Å². The molecule has 1 fully saturated rings. The highest BCUT2D eigenvalue weighted by atomic mass is 16.5. The number of carbonyl (C=O) groups excluding carboxylic acids is 1. The summed E-state index contributed by atoms with van der Waals surface area (Å²) in [6, 6.07) is 12.9. The van der Waals surface area contributed by atoms with Crippen molar-refractivity contribution in [3.8, 4) is 0 Å². The van der Waals surface area contributed by atoms with Crippen LogP contribution >= 0.6 is 0 Å². The lowest BCUT2D eigenvalue weighted by molar-refractivity contribution is -0.142. The molecule has 0 saturated heterocycles. The molecule has 0 radical (unpaired) electrons. The van der Waals surface area contributed by atoms with Gasteiger partial charge in [0.2, 0.25) is 5.91 Å². The molecule has 1 aliphatic heterocycles. The molecule has 206 valence electrons. The molecule has 38 heavy (non-hydrogen) atoms. The van der Waals surface area contributed by atoms with Crippen molar-refractivity contribution in [2.45, 2.75) is 76.4 Å². The van der Waals surface area contributed by atoms with Crippen LogP contribution in [0.25, 0.3) is 0 Å². The van der Waals surface area contributed by atoms with Crippen molar-refractivity contribution in [2.24, 2.45) is 0 Å². The number of nitrogens with one attached hydrogen (secondary N) is 2. The molecule has 1 aromatic carbocycles. The van der Waals surface area contributed by atoms with Gasteiger partial charge in [-0.15, -0.1) is 0 Å². The van der Waals surface area contributed by atoms with Gasteiger partial charge in [0.15, 0.2) is 0 Å². The number of unbranched alkanes of at least 4 members (excludes halogenated alkanes) is 1. The first kappa shape index (κ1) is 28.0. The molecule has 1 aliphatic carbocycles. The number of benzene rings is 1. The predicted octanol–water partition coefficient (Wildman–Crippen LogP) is 4.01. The first-order valence-corrected chi connectivity index (χ1v) is 14.1. The second kappa shape index (κ2) is 14.3. The van der Waals surface area contributed by atoms with E-state index in [0.717, 1.165) is 81.7 Å². The number of rotatable bonds is 16. The number of carboxylic acids is 1. The Bertz CT molecular complexity index is 1040. The van der Waals surface area contributed by atoms with Crippen molar-refractivity contribution < 1.29 is 19.4 Å². The van der Waals surface area contributed by atoms with Crippen molar-refractivity contribution in [1.29, 1.82) is 0 Å². The predicted molar refractivity (Wildman–Crippen MR) is 148 cm³/mol. The molecule has 2 atom stereocenters. The third kappa shape index (κ3) is 8.81. The van der Waals surface area contributed by atoms with Crippen molar-refractivity contribution in [3.63, 3.8) is 0 Å². The van der Waals surface area contributed by atoms with Crippen LogP contribution in [0.3, 0.4) is 0 Å². The Morgan fingerprint density at radius 2 is 1.95 bits per heavy atom. The molecule has 0 spiro atoms. The van der Waals surface area contributed by atoms with Gasteiger partial charge >= 0.3 is 5.97 Å². The van der Waals surface area contributed by atoms with Crippen molar-refractivity contribution in [2.75, 3.05) is 38.1 Å². The molecular formula is C30H42N4O4. The minimum Gasteiger partial charge on any atom is -0.480 e. The van der Waals surface area contributed by atoms with Crippen LogP contribution in [-0.2, 0) is 27.2 Å². The molecule has 1 amide bonds. The molecule has 4 rings (SSSR count). The summed E-state index contributed by atoms with van der Waals surface area (Å²) in [6.45, 7) is 5.66. The van der Waals surface area contributed by atoms with E-state index in [9.17, 15) is 14.7 Å². The Morgan fingerprint density at radius 1 is 1.13 bits per heavy atom. The minimum atomic E-state index is -1.00. The average molecular weight is 523 g/mol. The fourth-order valence-electron chi connectivity index (χ4n) is 4.83. The standard InChI is InChI=1S/C30H42N4O4/c1-22(23-8-3-2-4-9-23)29(35)33-27(30(36)37)16-19-34(20-21-38-26-14-15-26)18-6-5-11-25-13-12-24-10-7-17-31-28(24)32-25/h2-4,8-9,12-13,22,26-27H,5-7,10-11,14-21H2,1H3,(H,31,32)(H,33,35)(H,36,37)/t22-,27-/m0/s1. The van der Waals surface area contributed by atoms with E-state index in [0.29, 0.717) is 25.7 Å². The van der Waals surface area contributed by atoms with E-state index in [-0.39, 0.29) is 5.91 Å². The summed E-state index contributed by atoms with van der Waals surface area (Å²) >= 11 is 0. The van der Waals surface area contributed by atoms with Crippen LogP contribution in [0.2, 0.25) is 0 Å². The topological polar surface area (TPSA) is 104 Å². The zero-order valence-electron chi connectivity index (χ0n) is 22.5.